The molecule has 156 valence electrons. The van der Waals surface area contributed by atoms with E-state index >= 15 is 0 Å². The van der Waals surface area contributed by atoms with E-state index in [9.17, 15) is 4.79 Å². The largest absolute Gasteiger partial charge is 0.482 e. The van der Waals surface area contributed by atoms with Crippen LogP contribution in [0.2, 0.25) is 10.0 Å². The van der Waals surface area contributed by atoms with Crippen LogP contribution in [0.15, 0.2) is 54.6 Å². The van der Waals surface area contributed by atoms with E-state index in [1.165, 1.54) is 0 Å². The SMILES string of the molecule is Cc1ccc(Cl)cc1NCc1ccc(OCC(=O)Nc2cccc(C)c2C)c(Cl)c1. The molecule has 0 aliphatic heterocycles. The van der Waals surface area contributed by atoms with Crippen LogP contribution in [0.25, 0.3) is 0 Å². The second-order valence-corrected chi connectivity index (χ2v) is 8.01. The Kier molecular flexibility index (Phi) is 7.24. The summed E-state index contributed by atoms with van der Waals surface area (Å²) in [7, 11) is 0. The van der Waals surface area contributed by atoms with Crippen molar-refractivity contribution in [1.82, 2.24) is 0 Å². The highest BCUT2D eigenvalue weighted by molar-refractivity contribution is 6.32. The van der Waals surface area contributed by atoms with Crippen molar-refractivity contribution in [2.75, 3.05) is 17.2 Å². The van der Waals surface area contributed by atoms with Gasteiger partial charge in [0.25, 0.3) is 5.91 Å². The second-order valence-electron chi connectivity index (χ2n) is 7.16. The number of hydrogen-bond donors (Lipinski definition) is 2. The third-order valence-electron chi connectivity index (χ3n) is 4.92. The van der Waals surface area contributed by atoms with Crippen molar-refractivity contribution in [2.45, 2.75) is 27.3 Å². The highest BCUT2D eigenvalue weighted by Crippen LogP contribution is 2.27. The van der Waals surface area contributed by atoms with E-state index in [-0.39, 0.29) is 12.5 Å². The van der Waals surface area contributed by atoms with Gasteiger partial charge in [-0.3, -0.25) is 4.79 Å². The molecule has 0 aliphatic rings. The van der Waals surface area contributed by atoms with Gasteiger partial charge < -0.3 is 15.4 Å². The topological polar surface area (TPSA) is 50.4 Å². The number of benzene rings is 3. The molecule has 1 amide bonds. The fourth-order valence-corrected chi connectivity index (χ4v) is 3.40. The van der Waals surface area contributed by atoms with Gasteiger partial charge in [-0.1, -0.05) is 47.5 Å². The number of carbonyl (C=O) groups excluding carboxylic acids is 1. The number of aryl methyl sites for hydroxylation is 2. The molecule has 0 heterocycles. The van der Waals surface area contributed by atoms with Gasteiger partial charge in [-0.05, 0) is 73.4 Å². The summed E-state index contributed by atoms with van der Waals surface area (Å²) in [5.41, 5.74) is 6.02. The number of rotatable bonds is 7. The van der Waals surface area contributed by atoms with E-state index in [0.717, 1.165) is 33.6 Å². The van der Waals surface area contributed by atoms with Crippen molar-refractivity contribution in [3.8, 4) is 5.75 Å². The van der Waals surface area contributed by atoms with Crippen molar-refractivity contribution in [2.24, 2.45) is 0 Å². The number of nitrogens with one attached hydrogen (secondary N) is 2. The smallest absolute Gasteiger partial charge is 0.262 e. The molecule has 0 aliphatic carbocycles. The first-order chi connectivity index (χ1) is 14.3. The molecule has 2 N–H and O–H groups in total. The third kappa shape index (κ3) is 5.68. The number of amides is 1. The van der Waals surface area contributed by atoms with Crippen LogP contribution < -0.4 is 15.4 Å². The molecule has 0 unspecified atom stereocenters. The monoisotopic (exact) mass is 442 g/mol. The van der Waals surface area contributed by atoms with Gasteiger partial charge in [0.15, 0.2) is 6.61 Å². The summed E-state index contributed by atoms with van der Waals surface area (Å²) in [5, 5.41) is 7.37. The van der Waals surface area contributed by atoms with Crippen molar-refractivity contribution < 1.29 is 9.53 Å². The Morgan fingerprint density at radius 3 is 2.50 bits per heavy atom. The molecule has 3 rings (SSSR count). The van der Waals surface area contributed by atoms with Crippen molar-refractivity contribution in [1.29, 1.82) is 0 Å². The summed E-state index contributed by atoms with van der Waals surface area (Å²) in [6, 6.07) is 17.0. The quantitative estimate of drug-likeness (QED) is 0.436. The zero-order chi connectivity index (χ0) is 21.7. The van der Waals surface area contributed by atoms with Gasteiger partial charge in [-0.2, -0.15) is 0 Å². The first kappa shape index (κ1) is 22.0. The fraction of sp³-hybridized carbons (Fsp3) is 0.208. The van der Waals surface area contributed by atoms with Crippen LogP contribution in [0, 0.1) is 20.8 Å². The number of halogens is 2. The average Bonchev–Trinajstić information content (AvgIpc) is 2.71. The van der Waals surface area contributed by atoms with Crippen LogP contribution in [0.5, 0.6) is 5.75 Å². The molecular weight excluding hydrogens is 419 g/mol. The Hall–Kier alpha value is -2.69. The summed E-state index contributed by atoms with van der Waals surface area (Å²) in [4.78, 5) is 12.2. The number of carbonyl (C=O) groups is 1. The molecule has 30 heavy (non-hydrogen) atoms. The summed E-state index contributed by atoms with van der Waals surface area (Å²) >= 11 is 12.4. The van der Waals surface area contributed by atoms with E-state index in [1.54, 1.807) is 6.07 Å². The maximum Gasteiger partial charge on any atom is 0.262 e. The molecule has 6 heteroatoms. The van der Waals surface area contributed by atoms with Crippen LogP contribution in [0.4, 0.5) is 11.4 Å². The predicted molar refractivity (Wildman–Crippen MR) is 125 cm³/mol. The molecule has 0 fully saturated rings. The number of anilines is 2. The van der Waals surface area contributed by atoms with Gasteiger partial charge >= 0.3 is 0 Å². The van der Waals surface area contributed by atoms with Crippen molar-refractivity contribution >= 4 is 40.5 Å². The molecule has 0 bridgehead atoms. The lowest BCUT2D eigenvalue weighted by molar-refractivity contribution is -0.118. The summed E-state index contributed by atoms with van der Waals surface area (Å²) in [5.74, 6) is 0.234. The molecule has 0 saturated heterocycles. The lowest BCUT2D eigenvalue weighted by Gasteiger charge is -2.13. The molecule has 4 nitrogen and oxygen atoms in total. The lowest BCUT2D eigenvalue weighted by atomic mass is 10.1. The Labute approximate surface area is 187 Å². The molecule has 0 radical (unpaired) electrons. The van der Waals surface area contributed by atoms with Gasteiger partial charge in [-0.15, -0.1) is 0 Å². The van der Waals surface area contributed by atoms with Crippen LogP contribution >= 0.6 is 23.2 Å². The number of ether oxygens (including phenoxy) is 1. The molecular formula is C24H24Cl2N2O2. The van der Waals surface area contributed by atoms with Gasteiger partial charge in [0.05, 0.1) is 5.02 Å². The normalized spacial score (nSPS) is 10.6. The fourth-order valence-electron chi connectivity index (χ4n) is 2.97. The summed E-state index contributed by atoms with van der Waals surface area (Å²) in [6.07, 6.45) is 0. The average molecular weight is 443 g/mol. The van der Waals surface area contributed by atoms with Gasteiger partial charge in [0.1, 0.15) is 5.75 Å². The van der Waals surface area contributed by atoms with Crippen LogP contribution in [-0.4, -0.2) is 12.5 Å². The molecule has 3 aromatic carbocycles. The van der Waals surface area contributed by atoms with Crippen molar-refractivity contribution in [3.63, 3.8) is 0 Å². The molecule has 0 saturated carbocycles. The van der Waals surface area contributed by atoms with E-state index in [2.05, 4.69) is 10.6 Å². The van der Waals surface area contributed by atoms with Crippen molar-refractivity contribution in [3.05, 3.63) is 86.9 Å². The Morgan fingerprint density at radius 2 is 1.73 bits per heavy atom. The predicted octanol–water partition coefficient (Wildman–Crippen LogP) is 6.55. The zero-order valence-electron chi connectivity index (χ0n) is 17.2. The lowest BCUT2D eigenvalue weighted by Crippen LogP contribution is -2.20. The standard InChI is InChI=1S/C24H24Cl2N2O2/c1-15-5-4-6-21(17(15)3)28-24(29)14-30-23-10-8-18(11-20(23)26)13-27-22-12-19(25)9-7-16(22)2/h4-12,27H,13-14H2,1-3H3,(H,28,29). The molecule has 3 aromatic rings. The highest BCUT2D eigenvalue weighted by atomic mass is 35.5. The highest BCUT2D eigenvalue weighted by Gasteiger charge is 2.09. The summed E-state index contributed by atoms with van der Waals surface area (Å²) in [6.45, 7) is 6.47. The van der Waals surface area contributed by atoms with E-state index in [1.807, 2.05) is 69.3 Å². The maximum absolute atomic E-state index is 12.2. The second kappa shape index (κ2) is 9.88. The van der Waals surface area contributed by atoms with E-state index < -0.39 is 0 Å². The van der Waals surface area contributed by atoms with E-state index in [0.29, 0.717) is 22.3 Å². The van der Waals surface area contributed by atoms with E-state index in [4.69, 9.17) is 27.9 Å². The minimum absolute atomic E-state index is 0.119. The third-order valence-corrected chi connectivity index (χ3v) is 5.45. The van der Waals surface area contributed by atoms with Crippen LogP contribution in [-0.2, 0) is 11.3 Å². The van der Waals surface area contributed by atoms with Crippen LogP contribution in [0.3, 0.4) is 0 Å². The zero-order valence-corrected chi connectivity index (χ0v) is 18.7. The molecule has 0 spiro atoms. The maximum atomic E-state index is 12.2. The Morgan fingerprint density at radius 1 is 0.933 bits per heavy atom. The first-order valence-corrected chi connectivity index (χ1v) is 10.4. The Balaban J connectivity index is 1.56. The van der Waals surface area contributed by atoms with Gasteiger partial charge in [0, 0.05) is 22.9 Å². The van der Waals surface area contributed by atoms with Crippen LogP contribution in [0.1, 0.15) is 22.3 Å². The Bertz CT molecular complexity index is 1070. The first-order valence-electron chi connectivity index (χ1n) is 9.61. The minimum atomic E-state index is -0.234. The molecule has 0 aromatic heterocycles. The number of hydrogen-bond acceptors (Lipinski definition) is 3. The molecule has 0 atom stereocenters. The summed E-state index contributed by atoms with van der Waals surface area (Å²) < 4.78 is 5.61. The van der Waals surface area contributed by atoms with Gasteiger partial charge in [0.2, 0.25) is 0 Å². The van der Waals surface area contributed by atoms with Gasteiger partial charge in [-0.25, -0.2) is 0 Å². The minimum Gasteiger partial charge on any atom is -0.482 e.